The monoisotopic (exact) mass is 259 g/mol. The number of nitrogens with one attached hydrogen (secondary N) is 1. The van der Waals surface area contributed by atoms with Crippen LogP contribution in [0.4, 0.5) is 0 Å². The Morgan fingerprint density at radius 1 is 1.32 bits per heavy atom. The first kappa shape index (κ1) is 13.2. The fourth-order valence-electron chi connectivity index (χ4n) is 1.81. The Labute approximate surface area is 112 Å². The number of carbonyl (C=O) groups is 1. The van der Waals surface area contributed by atoms with Crippen LogP contribution < -0.4 is 10.1 Å². The van der Waals surface area contributed by atoms with Crippen LogP contribution in [0.5, 0.6) is 5.75 Å². The summed E-state index contributed by atoms with van der Waals surface area (Å²) in [5.74, 6) is 1.48. The van der Waals surface area contributed by atoms with Gasteiger partial charge in [0.15, 0.2) is 0 Å². The van der Waals surface area contributed by atoms with Crippen molar-refractivity contribution in [1.29, 1.82) is 0 Å². The van der Waals surface area contributed by atoms with E-state index in [0.717, 1.165) is 17.7 Å². The number of ether oxygens (including phenoxy) is 1. The summed E-state index contributed by atoms with van der Waals surface area (Å²) in [6.07, 6.45) is 2.63. The summed E-state index contributed by atoms with van der Waals surface area (Å²) in [6, 6.07) is 11.4. The van der Waals surface area contributed by atoms with Gasteiger partial charge in [-0.2, -0.15) is 0 Å². The van der Waals surface area contributed by atoms with Crippen LogP contribution in [-0.2, 0) is 17.6 Å². The van der Waals surface area contributed by atoms with Gasteiger partial charge in [0.25, 0.3) is 0 Å². The maximum absolute atomic E-state index is 11.6. The van der Waals surface area contributed by atoms with Crippen molar-refractivity contribution < 1.29 is 13.9 Å². The summed E-state index contributed by atoms with van der Waals surface area (Å²) in [6.45, 7) is 0.604. The number of methoxy groups -OCH3 is 1. The molecule has 0 aliphatic carbocycles. The maximum atomic E-state index is 11.6. The molecular formula is C15H17NO3. The Kier molecular flexibility index (Phi) is 4.61. The zero-order valence-electron chi connectivity index (χ0n) is 10.9. The smallest absolute Gasteiger partial charge is 0.227 e. The predicted molar refractivity (Wildman–Crippen MR) is 72.1 cm³/mol. The minimum atomic E-state index is -0.0298. The molecule has 0 aliphatic rings. The average molecular weight is 259 g/mol. The van der Waals surface area contributed by atoms with Crippen LogP contribution in [0, 0.1) is 0 Å². The number of rotatable bonds is 6. The Balaban J connectivity index is 1.75. The van der Waals surface area contributed by atoms with E-state index in [-0.39, 0.29) is 12.3 Å². The summed E-state index contributed by atoms with van der Waals surface area (Å²) in [5, 5.41) is 2.87. The normalized spacial score (nSPS) is 10.2. The van der Waals surface area contributed by atoms with E-state index in [9.17, 15) is 4.79 Å². The summed E-state index contributed by atoms with van der Waals surface area (Å²) in [5.41, 5.74) is 1.14. The van der Waals surface area contributed by atoms with E-state index in [1.165, 1.54) is 0 Å². The predicted octanol–water partition coefficient (Wildman–Crippen LogP) is 2.19. The average Bonchev–Trinajstić information content (AvgIpc) is 2.92. The lowest BCUT2D eigenvalue weighted by atomic mass is 10.1. The molecule has 0 bridgehead atoms. The summed E-state index contributed by atoms with van der Waals surface area (Å²) in [4.78, 5) is 11.6. The molecule has 1 aromatic carbocycles. The minimum absolute atomic E-state index is 0.0298. The number of carbonyl (C=O) groups excluding carboxylic acids is 1. The van der Waals surface area contributed by atoms with Crippen molar-refractivity contribution in [1.82, 2.24) is 5.32 Å². The third-order valence-electron chi connectivity index (χ3n) is 2.78. The molecule has 0 radical (unpaired) electrons. The summed E-state index contributed by atoms with van der Waals surface area (Å²) in [7, 11) is 1.64. The second-order valence-electron chi connectivity index (χ2n) is 4.21. The Hall–Kier alpha value is -2.23. The molecule has 100 valence electrons. The number of amides is 1. The van der Waals surface area contributed by atoms with Gasteiger partial charge >= 0.3 is 0 Å². The Bertz CT molecular complexity index is 520. The Morgan fingerprint density at radius 2 is 2.21 bits per heavy atom. The molecule has 1 N–H and O–H groups in total. The van der Waals surface area contributed by atoms with Gasteiger partial charge in [0.1, 0.15) is 11.5 Å². The topological polar surface area (TPSA) is 51.5 Å². The van der Waals surface area contributed by atoms with E-state index in [1.54, 1.807) is 25.5 Å². The third kappa shape index (κ3) is 4.17. The van der Waals surface area contributed by atoms with Crippen molar-refractivity contribution >= 4 is 5.91 Å². The first-order valence-electron chi connectivity index (χ1n) is 6.20. The molecule has 4 heteroatoms. The van der Waals surface area contributed by atoms with Gasteiger partial charge in [-0.15, -0.1) is 0 Å². The number of hydrogen-bond acceptors (Lipinski definition) is 3. The Morgan fingerprint density at radius 3 is 2.95 bits per heavy atom. The lowest BCUT2D eigenvalue weighted by Gasteiger charge is -2.06. The zero-order chi connectivity index (χ0) is 13.5. The number of hydrogen-bond donors (Lipinski definition) is 1. The molecule has 1 aromatic heterocycles. The first-order chi connectivity index (χ1) is 9.28. The molecule has 0 atom stereocenters. The maximum Gasteiger partial charge on any atom is 0.227 e. The van der Waals surface area contributed by atoms with Gasteiger partial charge in [-0.25, -0.2) is 0 Å². The van der Waals surface area contributed by atoms with Crippen molar-refractivity contribution in [2.45, 2.75) is 12.8 Å². The highest BCUT2D eigenvalue weighted by Gasteiger charge is 2.05. The van der Waals surface area contributed by atoms with Crippen molar-refractivity contribution in [2.24, 2.45) is 0 Å². The lowest BCUT2D eigenvalue weighted by molar-refractivity contribution is -0.120. The third-order valence-corrected chi connectivity index (χ3v) is 2.78. The molecule has 0 spiro atoms. The van der Waals surface area contributed by atoms with Crippen LogP contribution in [0.2, 0.25) is 0 Å². The molecule has 2 aromatic rings. The van der Waals surface area contributed by atoms with Crippen molar-refractivity contribution in [3.63, 3.8) is 0 Å². The van der Waals surface area contributed by atoms with E-state index < -0.39 is 0 Å². The van der Waals surface area contributed by atoms with Crippen LogP contribution in [0.1, 0.15) is 11.3 Å². The standard InChI is InChI=1S/C15H17NO3/c1-18-13-5-2-4-12(10-13)7-8-16-15(17)11-14-6-3-9-19-14/h2-6,9-10H,7-8,11H2,1H3,(H,16,17). The fourth-order valence-corrected chi connectivity index (χ4v) is 1.81. The quantitative estimate of drug-likeness (QED) is 0.865. The van der Waals surface area contributed by atoms with Gasteiger partial charge in [0, 0.05) is 6.54 Å². The van der Waals surface area contributed by atoms with Crippen molar-refractivity contribution in [3.05, 3.63) is 54.0 Å². The number of furan rings is 1. The first-order valence-corrected chi connectivity index (χ1v) is 6.20. The van der Waals surface area contributed by atoms with Gasteiger partial charge in [-0.1, -0.05) is 12.1 Å². The fraction of sp³-hybridized carbons (Fsp3) is 0.267. The molecule has 1 amide bonds. The van der Waals surface area contributed by atoms with Crippen molar-refractivity contribution in [3.8, 4) is 5.75 Å². The molecule has 4 nitrogen and oxygen atoms in total. The van der Waals surface area contributed by atoms with Crippen LogP contribution in [-0.4, -0.2) is 19.6 Å². The minimum Gasteiger partial charge on any atom is -0.497 e. The molecular weight excluding hydrogens is 242 g/mol. The van der Waals surface area contributed by atoms with Crippen molar-refractivity contribution in [2.75, 3.05) is 13.7 Å². The van der Waals surface area contributed by atoms with Gasteiger partial charge in [-0.3, -0.25) is 4.79 Å². The second-order valence-corrected chi connectivity index (χ2v) is 4.21. The van der Waals surface area contributed by atoms with Gasteiger partial charge < -0.3 is 14.5 Å². The summed E-state index contributed by atoms with van der Waals surface area (Å²) < 4.78 is 10.3. The second kappa shape index (κ2) is 6.64. The molecule has 1 heterocycles. The molecule has 0 unspecified atom stereocenters. The van der Waals surface area contributed by atoms with E-state index in [2.05, 4.69) is 5.32 Å². The zero-order valence-corrected chi connectivity index (χ0v) is 10.9. The molecule has 0 saturated heterocycles. The lowest BCUT2D eigenvalue weighted by Crippen LogP contribution is -2.27. The van der Waals surface area contributed by atoms with E-state index >= 15 is 0 Å². The highest BCUT2D eigenvalue weighted by atomic mass is 16.5. The van der Waals surface area contributed by atoms with Gasteiger partial charge in [0.2, 0.25) is 5.91 Å². The largest absolute Gasteiger partial charge is 0.497 e. The van der Waals surface area contributed by atoms with Crippen LogP contribution >= 0.6 is 0 Å². The highest BCUT2D eigenvalue weighted by Crippen LogP contribution is 2.12. The molecule has 2 rings (SSSR count). The van der Waals surface area contributed by atoms with Crippen LogP contribution in [0.3, 0.4) is 0 Å². The molecule has 19 heavy (non-hydrogen) atoms. The highest BCUT2D eigenvalue weighted by molar-refractivity contribution is 5.77. The molecule has 0 saturated carbocycles. The van der Waals surface area contributed by atoms with E-state index in [4.69, 9.17) is 9.15 Å². The van der Waals surface area contributed by atoms with E-state index in [1.807, 2.05) is 24.3 Å². The van der Waals surface area contributed by atoms with Crippen LogP contribution in [0.15, 0.2) is 47.1 Å². The summed E-state index contributed by atoms with van der Waals surface area (Å²) >= 11 is 0. The van der Waals surface area contributed by atoms with Gasteiger partial charge in [0.05, 0.1) is 19.8 Å². The van der Waals surface area contributed by atoms with E-state index in [0.29, 0.717) is 12.3 Å². The molecule has 0 aliphatic heterocycles. The van der Waals surface area contributed by atoms with Crippen LogP contribution in [0.25, 0.3) is 0 Å². The number of benzene rings is 1. The van der Waals surface area contributed by atoms with Gasteiger partial charge in [-0.05, 0) is 36.2 Å². The molecule has 0 fully saturated rings. The SMILES string of the molecule is COc1cccc(CCNC(=O)Cc2ccco2)c1.